The molecule has 1 aromatic heterocycles. The van der Waals surface area contributed by atoms with Crippen molar-refractivity contribution in [1.29, 1.82) is 0 Å². The normalized spacial score (nSPS) is 19.2. The molecule has 2 aromatic carbocycles. The lowest BCUT2D eigenvalue weighted by atomic mass is 9.86. The molecule has 47 heavy (non-hydrogen) atoms. The van der Waals surface area contributed by atoms with E-state index in [9.17, 15) is 14.4 Å². The lowest BCUT2D eigenvalue weighted by Gasteiger charge is -2.37. The van der Waals surface area contributed by atoms with Gasteiger partial charge in [-0.15, -0.1) is 0 Å². The van der Waals surface area contributed by atoms with Crippen LogP contribution < -0.4 is 20.1 Å². The van der Waals surface area contributed by atoms with E-state index in [2.05, 4.69) is 47.3 Å². The van der Waals surface area contributed by atoms with Crippen LogP contribution in [-0.2, 0) is 28.6 Å². The van der Waals surface area contributed by atoms with Gasteiger partial charge in [-0.3, -0.25) is 24.7 Å². The Bertz CT molecular complexity index is 1660. The van der Waals surface area contributed by atoms with E-state index in [-0.39, 0.29) is 29.2 Å². The third kappa shape index (κ3) is 7.11. The molecule has 252 valence electrons. The number of ether oxygens (including phenoxy) is 2. The van der Waals surface area contributed by atoms with Gasteiger partial charge < -0.3 is 24.3 Å². The van der Waals surface area contributed by atoms with Gasteiger partial charge >= 0.3 is 6.09 Å². The average Bonchev–Trinajstić information content (AvgIpc) is 3.72. The topological polar surface area (TPSA) is 108 Å². The van der Waals surface area contributed by atoms with Crippen molar-refractivity contribution in [3.63, 3.8) is 0 Å². The molecule has 2 aliphatic heterocycles. The number of aryl methyl sites for hydroxylation is 1. The summed E-state index contributed by atoms with van der Waals surface area (Å²) in [5.41, 5.74) is 3.77. The summed E-state index contributed by atoms with van der Waals surface area (Å²) in [6, 6.07) is 11.8. The number of benzene rings is 2. The molecule has 0 radical (unpaired) electrons. The van der Waals surface area contributed by atoms with E-state index < -0.39 is 6.09 Å². The summed E-state index contributed by atoms with van der Waals surface area (Å²) in [6.45, 7) is 11.0. The number of amides is 3. The number of nitrogens with zero attached hydrogens (tertiary/aromatic N) is 4. The zero-order valence-corrected chi connectivity index (χ0v) is 28.5. The largest absolute Gasteiger partial charge is 0.492 e. The van der Waals surface area contributed by atoms with Crippen LogP contribution in [-0.4, -0.2) is 90.1 Å². The van der Waals surface area contributed by atoms with E-state index in [1.54, 1.807) is 0 Å². The Labute approximate surface area is 277 Å². The molecule has 0 unspecified atom stereocenters. The summed E-state index contributed by atoms with van der Waals surface area (Å²) in [6.07, 6.45) is 3.14. The minimum atomic E-state index is -0.657. The van der Waals surface area contributed by atoms with Gasteiger partial charge in [-0.2, -0.15) is 0 Å². The number of piperazine rings is 1. The number of hydrogen-bond donors (Lipinski definition) is 2. The van der Waals surface area contributed by atoms with Gasteiger partial charge in [0.1, 0.15) is 0 Å². The van der Waals surface area contributed by atoms with Crippen molar-refractivity contribution in [3.8, 4) is 11.6 Å². The Hall–Kier alpha value is -4.09. The fourth-order valence-corrected chi connectivity index (χ4v) is 6.78. The number of hydrogen-bond acceptors (Lipinski definition) is 7. The summed E-state index contributed by atoms with van der Waals surface area (Å²) < 4.78 is 13.5. The Morgan fingerprint density at radius 1 is 0.915 bits per heavy atom. The summed E-state index contributed by atoms with van der Waals surface area (Å²) in [5, 5.41) is 6.85. The maximum absolute atomic E-state index is 13.4. The number of likely N-dealkylation sites (tertiary alicyclic amines) is 1. The molecule has 0 bridgehead atoms. The SMILES string of the molecule is COc1c(NC(=O)Oc2cc3cccc(CN4CCN(C(=O)[C@@H]5CCCN5C)CC4)c3n2C)cc(C(C)(C)C)cc1NC(=O)C1CC1. The number of carbonyl (C=O) groups is 3. The summed E-state index contributed by atoms with van der Waals surface area (Å²) in [4.78, 5) is 45.7. The van der Waals surface area contributed by atoms with Crippen molar-refractivity contribution in [3.05, 3.63) is 47.5 Å². The summed E-state index contributed by atoms with van der Waals surface area (Å²) >= 11 is 0. The first-order valence-corrected chi connectivity index (χ1v) is 16.7. The van der Waals surface area contributed by atoms with E-state index in [0.29, 0.717) is 23.0 Å². The molecule has 2 saturated heterocycles. The second-order valence-corrected chi connectivity index (χ2v) is 14.3. The standard InChI is InChI=1S/C36H48N6O5/c1-36(2,3)26-20-27(37-33(43)23-12-13-23)32(46-6)28(21-26)38-35(45)47-30-19-24-9-7-10-25(31(24)40(30)5)22-41-15-17-42(18-16-41)34(44)29-11-8-14-39(29)4/h7,9-10,19-21,23,29H,8,11-18,22H2,1-6H3,(H,37,43)(H,38,45)/t29-/m0/s1. The number of methoxy groups -OCH3 is 1. The van der Waals surface area contributed by atoms with E-state index in [1.807, 2.05) is 53.9 Å². The molecule has 3 aromatic rings. The third-order valence-corrected chi connectivity index (χ3v) is 9.78. The Kier molecular flexibility index (Phi) is 9.22. The first kappa shape index (κ1) is 32.8. The fraction of sp³-hybridized carbons (Fsp3) is 0.528. The van der Waals surface area contributed by atoms with Crippen molar-refractivity contribution in [2.24, 2.45) is 13.0 Å². The molecule has 3 aliphatic rings. The van der Waals surface area contributed by atoms with Crippen LogP contribution in [0.5, 0.6) is 11.6 Å². The van der Waals surface area contributed by atoms with Gasteiger partial charge in [0.2, 0.25) is 17.7 Å². The van der Waals surface area contributed by atoms with Gasteiger partial charge in [0.15, 0.2) is 5.75 Å². The number of likely N-dealkylation sites (N-methyl/N-ethyl adjacent to an activating group) is 1. The first-order chi connectivity index (χ1) is 22.4. The van der Waals surface area contributed by atoms with Crippen molar-refractivity contribution in [1.82, 2.24) is 19.3 Å². The average molecular weight is 645 g/mol. The monoisotopic (exact) mass is 644 g/mol. The van der Waals surface area contributed by atoms with E-state index in [4.69, 9.17) is 9.47 Å². The smallest absolute Gasteiger partial charge is 0.418 e. The molecule has 3 fully saturated rings. The van der Waals surface area contributed by atoms with Gasteiger partial charge in [0.25, 0.3) is 0 Å². The zero-order chi connectivity index (χ0) is 33.5. The fourth-order valence-electron chi connectivity index (χ4n) is 6.78. The molecular weight excluding hydrogens is 596 g/mol. The van der Waals surface area contributed by atoms with Crippen LogP contribution in [0.15, 0.2) is 36.4 Å². The van der Waals surface area contributed by atoms with Gasteiger partial charge in [-0.05, 0) is 68.0 Å². The molecule has 1 atom stereocenters. The second kappa shape index (κ2) is 13.2. The maximum atomic E-state index is 13.4. The molecule has 6 rings (SSSR count). The van der Waals surface area contributed by atoms with Crippen molar-refractivity contribution >= 4 is 40.2 Å². The van der Waals surface area contributed by atoms with Crippen LogP contribution in [0.2, 0.25) is 0 Å². The molecule has 2 N–H and O–H groups in total. The first-order valence-electron chi connectivity index (χ1n) is 16.7. The summed E-state index contributed by atoms with van der Waals surface area (Å²) in [7, 11) is 5.46. The molecule has 0 spiro atoms. The number of nitrogens with one attached hydrogen (secondary N) is 2. The lowest BCUT2D eigenvalue weighted by Crippen LogP contribution is -2.52. The minimum absolute atomic E-state index is 0.0213. The molecule has 1 aliphatic carbocycles. The molecule has 11 heteroatoms. The quantitative estimate of drug-likeness (QED) is 0.348. The predicted molar refractivity (Wildman–Crippen MR) is 183 cm³/mol. The number of para-hydroxylation sites is 1. The van der Waals surface area contributed by atoms with Crippen LogP contribution in [0.4, 0.5) is 16.2 Å². The molecular formula is C36H48N6O5. The second-order valence-electron chi connectivity index (χ2n) is 14.3. The summed E-state index contributed by atoms with van der Waals surface area (Å²) in [5.74, 6) is 1.03. The number of rotatable bonds is 8. The van der Waals surface area contributed by atoms with E-state index >= 15 is 0 Å². The Morgan fingerprint density at radius 2 is 1.62 bits per heavy atom. The highest BCUT2D eigenvalue weighted by Gasteiger charge is 2.33. The van der Waals surface area contributed by atoms with Crippen molar-refractivity contribution in [2.45, 2.75) is 64.5 Å². The number of carbonyl (C=O) groups excluding carboxylic acids is 3. The Balaban J connectivity index is 1.15. The van der Waals surface area contributed by atoms with Crippen LogP contribution in [0.25, 0.3) is 10.9 Å². The lowest BCUT2D eigenvalue weighted by molar-refractivity contribution is -0.137. The highest BCUT2D eigenvalue weighted by atomic mass is 16.6. The molecule has 3 amide bonds. The highest BCUT2D eigenvalue weighted by Crippen LogP contribution is 2.40. The Morgan fingerprint density at radius 3 is 2.23 bits per heavy atom. The molecule has 11 nitrogen and oxygen atoms in total. The highest BCUT2D eigenvalue weighted by molar-refractivity contribution is 5.98. The predicted octanol–water partition coefficient (Wildman–Crippen LogP) is 5.18. The minimum Gasteiger partial charge on any atom is -0.492 e. The van der Waals surface area contributed by atoms with Crippen LogP contribution in [0.1, 0.15) is 57.6 Å². The van der Waals surface area contributed by atoms with Gasteiger partial charge in [0.05, 0.1) is 30.0 Å². The van der Waals surface area contributed by atoms with E-state index in [1.165, 1.54) is 7.11 Å². The van der Waals surface area contributed by atoms with Gasteiger partial charge in [-0.25, -0.2) is 4.79 Å². The van der Waals surface area contributed by atoms with Crippen LogP contribution >= 0.6 is 0 Å². The third-order valence-electron chi connectivity index (χ3n) is 9.78. The number of fused-ring (bicyclic) bond motifs is 1. The van der Waals surface area contributed by atoms with Gasteiger partial charge in [-0.1, -0.05) is 39.0 Å². The van der Waals surface area contributed by atoms with Crippen LogP contribution in [0.3, 0.4) is 0 Å². The molecule has 3 heterocycles. The molecule has 1 saturated carbocycles. The zero-order valence-electron chi connectivity index (χ0n) is 28.5. The number of anilines is 2. The van der Waals surface area contributed by atoms with E-state index in [0.717, 1.165) is 87.0 Å². The van der Waals surface area contributed by atoms with Crippen molar-refractivity contribution in [2.75, 3.05) is 57.5 Å². The van der Waals surface area contributed by atoms with Crippen molar-refractivity contribution < 1.29 is 23.9 Å². The van der Waals surface area contributed by atoms with Crippen LogP contribution in [0, 0.1) is 5.92 Å². The maximum Gasteiger partial charge on any atom is 0.418 e. The van der Waals surface area contributed by atoms with Gasteiger partial charge in [0, 0.05) is 57.1 Å². The number of aromatic nitrogens is 1.